The van der Waals surface area contributed by atoms with Crippen molar-refractivity contribution < 1.29 is 14.3 Å². The van der Waals surface area contributed by atoms with Crippen molar-refractivity contribution in [1.29, 1.82) is 0 Å². The highest BCUT2D eigenvalue weighted by Crippen LogP contribution is 2.18. The Morgan fingerprint density at radius 2 is 2.15 bits per heavy atom. The Morgan fingerprint density at radius 3 is 2.54 bits per heavy atom. The molecule has 72 valence electrons. The Kier molecular flexibility index (Phi) is 2.60. The molecule has 0 fully saturated rings. The Balaban J connectivity index is 2.85. The van der Waals surface area contributed by atoms with Gasteiger partial charge in [0.1, 0.15) is 0 Å². The Morgan fingerprint density at radius 1 is 1.54 bits per heavy atom. The molecule has 0 aromatic carbocycles. The van der Waals surface area contributed by atoms with Crippen LogP contribution in [0.4, 0.5) is 5.88 Å². The molecule has 0 spiro atoms. The van der Waals surface area contributed by atoms with Crippen LogP contribution < -0.4 is 4.90 Å². The van der Waals surface area contributed by atoms with E-state index in [-0.39, 0.29) is 11.8 Å². The van der Waals surface area contributed by atoms with Crippen LogP contribution in [0.2, 0.25) is 0 Å². The molecule has 0 aliphatic carbocycles. The summed E-state index contributed by atoms with van der Waals surface area (Å²) in [5, 5.41) is 8.61. The van der Waals surface area contributed by atoms with Gasteiger partial charge in [-0.25, -0.2) is 4.79 Å². The van der Waals surface area contributed by atoms with E-state index in [4.69, 9.17) is 9.52 Å². The van der Waals surface area contributed by atoms with Crippen LogP contribution in [-0.4, -0.2) is 24.2 Å². The maximum Gasteiger partial charge on any atom is 0.371 e. The number of carboxylic acid groups (broad SMARTS) is 1. The molecule has 0 amide bonds. The highest BCUT2D eigenvalue weighted by Gasteiger charge is 2.13. The number of furan rings is 1. The summed E-state index contributed by atoms with van der Waals surface area (Å²) < 4.78 is 5.09. The van der Waals surface area contributed by atoms with Gasteiger partial charge in [0.25, 0.3) is 0 Å². The molecule has 0 aliphatic rings. The average Bonchev–Trinajstić information content (AvgIpc) is 2.50. The van der Waals surface area contributed by atoms with Crippen molar-refractivity contribution in [3.8, 4) is 0 Å². The third kappa shape index (κ3) is 2.02. The summed E-state index contributed by atoms with van der Waals surface area (Å²) in [7, 11) is 1.86. The third-order valence-corrected chi connectivity index (χ3v) is 1.92. The topological polar surface area (TPSA) is 53.7 Å². The van der Waals surface area contributed by atoms with E-state index in [1.54, 1.807) is 6.07 Å². The monoisotopic (exact) mass is 183 g/mol. The summed E-state index contributed by atoms with van der Waals surface area (Å²) in [6, 6.07) is 3.40. The van der Waals surface area contributed by atoms with Crippen molar-refractivity contribution in [2.75, 3.05) is 11.9 Å². The van der Waals surface area contributed by atoms with Gasteiger partial charge in [-0.2, -0.15) is 0 Å². The molecule has 1 aromatic heterocycles. The predicted molar refractivity (Wildman–Crippen MR) is 49.2 cm³/mol. The van der Waals surface area contributed by atoms with E-state index in [2.05, 4.69) is 0 Å². The minimum absolute atomic E-state index is 0.0255. The summed E-state index contributed by atoms with van der Waals surface area (Å²) >= 11 is 0. The highest BCUT2D eigenvalue weighted by atomic mass is 16.4. The van der Waals surface area contributed by atoms with Crippen LogP contribution >= 0.6 is 0 Å². The molecule has 4 heteroatoms. The van der Waals surface area contributed by atoms with Gasteiger partial charge in [0.15, 0.2) is 5.88 Å². The van der Waals surface area contributed by atoms with E-state index in [1.165, 1.54) is 6.07 Å². The number of rotatable bonds is 3. The Hall–Kier alpha value is -1.45. The normalized spacial score (nSPS) is 10.5. The second-order valence-electron chi connectivity index (χ2n) is 3.15. The minimum Gasteiger partial charge on any atom is -0.475 e. The number of carboxylic acids is 1. The second-order valence-corrected chi connectivity index (χ2v) is 3.15. The third-order valence-electron chi connectivity index (χ3n) is 1.92. The molecule has 0 bridgehead atoms. The number of hydrogen-bond acceptors (Lipinski definition) is 3. The first kappa shape index (κ1) is 9.64. The van der Waals surface area contributed by atoms with Gasteiger partial charge in [-0.3, -0.25) is 0 Å². The quantitative estimate of drug-likeness (QED) is 0.776. The lowest BCUT2D eigenvalue weighted by Crippen LogP contribution is -2.24. The molecule has 0 atom stereocenters. The molecule has 0 aliphatic heterocycles. The smallest absolute Gasteiger partial charge is 0.371 e. The van der Waals surface area contributed by atoms with E-state index in [1.807, 2.05) is 25.8 Å². The number of hydrogen-bond donors (Lipinski definition) is 1. The fraction of sp³-hybridized carbons (Fsp3) is 0.444. The molecule has 1 heterocycles. The zero-order valence-electron chi connectivity index (χ0n) is 7.94. The zero-order valence-corrected chi connectivity index (χ0v) is 7.94. The van der Waals surface area contributed by atoms with Crippen molar-refractivity contribution in [3.63, 3.8) is 0 Å². The standard InChI is InChI=1S/C9H13NO3/c1-6(2)10(3)8-5-4-7(13-8)9(11)12/h4-6H,1-3H3,(H,11,12). The van der Waals surface area contributed by atoms with Gasteiger partial charge in [-0.1, -0.05) is 0 Å². The number of carbonyl (C=O) groups is 1. The van der Waals surface area contributed by atoms with Crippen LogP contribution in [0.5, 0.6) is 0 Å². The van der Waals surface area contributed by atoms with Crippen molar-refractivity contribution in [2.24, 2.45) is 0 Å². The first-order valence-electron chi connectivity index (χ1n) is 4.08. The van der Waals surface area contributed by atoms with Crippen LogP contribution in [0, 0.1) is 0 Å². The summed E-state index contributed by atoms with van der Waals surface area (Å²) in [6.45, 7) is 4.01. The number of anilines is 1. The molecule has 1 rings (SSSR count). The van der Waals surface area contributed by atoms with Gasteiger partial charge >= 0.3 is 5.97 Å². The van der Waals surface area contributed by atoms with Gasteiger partial charge in [-0.15, -0.1) is 0 Å². The fourth-order valence-electron chi connectivity index (χ4n) is 0.887. The second kappa shape index (κ2) is 3.51. The average molecular weight is 183 g/mol. The van der Waals surface area contributed by atoms with Gasteiger partial charge in [0.05, 0.1) is 0 Å². The zero-order chi connectivity index (χ0) is 10.0. The van der Waals surface area contributed by atoms with E-state index < -0.39 is 5.97 Å². The molecule has 13 heavy (non-hydrogen) atoms. The Bertz CT molecular complexity index is 304. The van der Waals surface area contributed by atoms with Crippen molar-refractivity contribution in [3.05, 3.63) is 17.9 Å². The SMILES string of the molecule is CC(C)N(C)c1ccc(C(=O)O)o1. The first-order chi connectivity index (χ1) is 6.02. The number of aromatic carboxylic acids is 1. The van der Waals surface area contributed by atoms with Gasteiger partial charge in [0, 0.05) is 19.2 Å². The first-order valence-corrected chi connectivity index (χ1v) is 4.08. The largest absolute Gasteiger partial charge is 0.475 e. The molecule has 1 aromatic rings. The molecular weight excluding hydrogens is 170 g/mol. The van der Waals surface area contributed by atoms with Gasteiger partial charge in [0.2, 0.25) is 5.76 Å². The molecule has 4 nitrogen and oxygen atoms in total. The van der Waals surface area contributed by atoms with Gasteiger partial charge in [-0.05, 0) is 19.9 Å². The van der Waals surface area contributed by atoms with Crippen LogP contribution in [0.3, 0.4) is 0 Å². The fourth-order valence-corrected chi connectivity index (χ4v) is 0.887. The highest BCUT2D eigenvalue weighted by molar-refractivity contribution is 5.84. The van der Waals surface area contributed by atoms with Crippen molar-refractivity contribution in [1.82, 2.24) is 0 Å². The van der Waals surface area contributed by atoms with E-state index >= 15 is 0 Å². The molecule has 0 saturated heterocycles. The molecule has 0 saturated carbocycles. The predicted octanol–water partition coefficient (Wildman–Crippen LogP) is 1.82. The summed E-state index contributed by atoms with van der Waals surface area (Å²) in [4.78, 5) is 12.4. The van der Waals surface area contributed by atoms with Gasteiger partial charge < -0.3 is 14.4 Å². The summed E-state index contributed by atoms with van der Waals surface area (Å²) in [5.41, 5.74) is 0. The molecular formula is C9H13NO3. The van der Waals surface area contributed by atoms with E-state index in [0.717, 1.165) is 0 Å². The molecule has 0 unspecified atom stereocenters. The summed E-state index contributed by atoms with van der Waals surface area (Å²) in [5.74, 6) is -0.488. The lowest BCUT2D eigenvalue weighted by Gasteiger charge is -2.19. The van der Waals surface area contributed by atoms with Crippen LogP contribution in [0.15, 0.2) is 16.5 Å². The maximum absolute atomic E-state index is 10.5. The van der Waals surface area contributed by atoms with Crippen LogP contribution in [-0.2, 0) is 0 Å². The van der Waals surface area contributed by atoms with Crippen LogP contribution in [0.25, 0.3) is 0 Å². The lowest BCUT2D eigenvalue weighted by atomic mass is 10.3. The lowest BCUT2D eigenvalue weighted by molar-refractivity contribution is 0.0663. The number of nitrogens with zero attached hydrogens (tertiary/aromatic N) is 1. The van der Waals surface area contributed by atoms with Crippen LogP contribution in [0.1, 0.15) is 24.4 Å². The van der Waals surface area contributed by atoms with E-state index in [0.29, 0.717) is 5.88 Å². The molecule has 1 N–H and O–H groups in total. The van der Waals surface area contributed by atoms with Crippen molar-refractivity contribution >= 4 is 11.9 Å². The minimum atomic E-state index is -1.04. The van der Waals surface area contributed by atoms with E-state index in [9.17, 15) is 4.79 Å². The maximum atomic E-state index is 10.5. The molecule has 0 radical (unpaired) electrons. The Labute approximate surface area is 76.8 Å². The van der Waals surface area contributed by atoms with Crippen molar-refractivity contribution in [2.45, 2.75) is 19.9 Å². The summed E-state index contributed by atoms with van der Waals surface area (Å²) in [6.07, 6.45) is 0.